The largest absolute Gasteiger partial charge is 0.376 e. The van der Waals surface area contributed by atoms with Crippen molar-refractivity contribution in [2.45, 2.75) is 27.2 Å². The number of allylic oxidation sites excluding steroid dienone is 1. The first-order valence-electron chi connectivity index (χ1n) is 12.2. The predicted octanol–water partition coefficient (Wildman–Crippen LogP) is 3.79. The van der Waals surface area contributed by atoms with Gasteiger partial charge in [0, 0.05) is 54.9 Å². The van der Waals surface area contributed by atoms with Crippen molar-refractivity contribution in [3.63, 3.8) is 0 Å². The van der Waals surface area contributed by atoms with Crippen LogP contribution in [0.1, 0.15) is 32.8 Å². The predicted molar refractivity (Wildman–Crippen MR) is 137 cm³/mol. The second-order valence-electron chi connectivity index (χ2n) is 10.2. The van der Waals surface area contributed by atoms with Gasteiger partial charge >= 0.3 is 0 Å². The lowest BCUT2D eigenvalue weighted by Gasteiger charge is -2.47. The van der Waals surface area contributed by atoms with E-state index in [4.69, 9.17) is 10.2 Å². The number of anilines is 1. The zero-order valence-corrected chi connectivity index (χ0v) is 20.5. The molecule has 0 atom stereocenters. The minimum absolute atomic E-state index is 0.00361. The van der Waals surface area contributed by atoms with Gasteiger partial charge in [-0.15, -0.1) is 0 Å². The van der Waals surface area contributed by atoms with E-state index in [1.54, 1.807) is 11.1 Å². The fraction of sp³-hybridized carbons (Fsp3) is 0.407. The van der Waals surface area contributed by atoms with Crippen LogP contribution in [-0.2, 0) is 4.79 Å². The highest BCUT2D eigenvalue weighted by Crippen LogP contribution is 2.35. The van der Waals surface area contributed by atoms with Gasteiger partial charge in [-0.2, -0.15) is 5.26 Å². The van der Waals surface area contributed by atoms with Gasteiger partial charge in [-0.25, -0.2) is 9.97 Å². The number of hydrogen-bond donors (Lipinski definition) is 2. The van der Waals surface area contributed by atoms with Crippen LogP contribution in [0.15, 0.2) is 42.7 Å². The summed E-state index contributed by atoms with van der Waals surface area (Å²) in [6.45, 7) is 9.94. The number of H-pyrrole nitrogens is 1. The molecule has 2 fully saturated rings. The molecule has 2 saturated heterocycles. The Balaban J connectivity index is 1.37. The van der Waals surface area contributed by atoms with Gasteiger partial charge in [-0.3, -0.25) is 4.79 Å². The Bertz CT molecular complexity index is 1320. The van der Waals surface area contributed by atoms with E-state index >= 15 is 0 Å². The number of fused-ring (bicyclic) bond motifs is 1. The van der Waals surface area contributed by atoms with Crippen molar-refractivity contribution >= 4 is 28.5 Å². The van der Waals surface area contributed by atoms with Gasteiger partial charge in [0.25, 0.3) is 0 Å². The molecule has 35 heavy (non-hydrogen) atoms. The molecule has 0 radical (unpaired) electrons. The molecule has 5 rings (SSSR count). The summed E-state index contributed by atoms with van der Waals surface area (Å²) in [7, 11) is 0. The number of benzene rings is 1. The zero-order valence-electron chi connectivity index (χ0n) is 20.5. The van der Waals surface area contributed by atoms with Crippen molar-refractivity contribution in [1.29, 1.82) is 5.26 Å². The summed E-state index contributed by atoms with van der Waals surface area (Å²) < 4.78 is 0. The molecule has 2 aliphatic heterocycles. The second kappa shape index (κ2) is 9.06. The summed E-state index contributed by atoms with van der Waals surface area (Å²) >= 11 is 0. The smallest absolute Gasteiger partial charge is 0.241 e. The average molecular weight is 470 g/mol. The van der Waals surface area contributed by atoms with E-state index in [1.165, 1.54) is 5.69 Å². The number of aromatic nitrogens is 3. The number of nitrogens with one attached hydrogen (secondary N) is 2. The van der Waals surface area contributed by atoms with Crippen molar-refractivity contribution < 1.29 is 4.79 Å². The van der Waals surface area contributed by atoms with Crippen LogP contribution < -0.4 is 10.2 Å². The van der Waals surface area contributed by atoms with Crippen LogP contribution in [0.5, 0.6) is 0 Å². The first kappa shape index (κ1) is 22.9. The van der Waals surface area contributed by atoms with E-state index in [1.807, 2.05) is 6.20 Å². The fourth-order valence-corrected chi connectivity index (χ4v) is 4.80. The van der Waals surface area contributed by atoms with Gasteiger partial charge in [0.15, 0.2) is 5.65 Å². The number of aromatic amines is 1. The third kappa shape index (κ3) is 4.59. The minimum Gasteiger partial charge on any atom is -0.376 e. The number of nitrogens with zero attached hydrogens (tertiary/aromatic N) is 5. The van der Waals surface area contributed by atoms with Crippen LogP contribution in [0.25, 0.3) is 28.1 Å². The van der Waals surface area contributed by atoms with Crippen molar-refractivity contribution in [2.24, 2.45) is 11.3 Å². The van der Waals surface area contributed by atoms with Gasteiger partial charge in [0.1, 0.15) is 5.52 Å². The molecule has 180 valence electrons. The molecule has 2 aliphatic rings. The molecule has 3 aromatic rings. The Morgan fingerprint density at radius 3 is 2.86 bits per heavy atom. The zero-order chi connectivity index (χ0) is 24.6. The molecule has 0 aliphatic carbocycles. The van der Waals surface area contributed by atoms with E-state index in [2.05, 4.69) is 77.4 Å². The van der Waals surface area contributed by atoms with Crippen LogP contribution >= 0.6 is 0 Å². The molecule has 8 nitrogen and oxygen atoms in total. The number of nitriles is 1. The van der Waals surface area contributed by atoms with Crippen molar-refractivity contribution in [3.8, 4) is 17.3 Å². The molecule has 0 bridgehead atoms. The summed E-state index contributed by atoms with van der Waals surface area (Å²) in [5.41, 5.74) is 6.63. The topological polar surface area (TPSA) is 101 Å². The Labute approximate surface area is 205 Å². The Morgan fingerprint density at radius 2 is 2.14 bits per heavy atom. The van der Waals surface area contributed by atoms with E-state index in [0.717, 1.165) is 47.5 Å². The van der Waals surface area contributed by atoms with Crippen molar-refractivity contribution in [2.75, 3.05) is 37.6 Å². The molecule has 4 heterocycles. The van der Waals surface area contributed by atoms with Crippen LogP contribution in [0, 0.1) is 22.7 Å². The van der Waals surface area contributed by atoms with E-state index in [-0.39, 0.29) is 18.4 Å². The number of carbonyl (C=O) groups excluding carboxylic acids is 1. The van der Waals surface area contributed by atoms with Crippen molar-refractivity contribution in [3.05, 3.63) is 48.3 Å². The first-order chi connectivity index (χ1) is 16.9. The number of hydrogen-bond acceptors (Lipinski definition) is 6. The van der Waals surface area contributed by atoms with Crippen LogP contribution in [0.4, 0.5) is 5.69 Å². The van der Waals surface area contributed by atoms with E-state index in [0.29, 0.717) is 24.2 Å². The van der Waals surface area contributed by atoms with Gasteiger partial charge in [0.2, 0.25) is 5.91 Å². The van der Waals surface area contributed by atoms with Crippen LogP contribution in [-0.4, -0.2) is 58.5 Å². The fourth-order valence-electron chi connectivity index (χ4n) is 4.80. The second-order valence-corrected chi connectivity index (χ2v) is 10.2. The lowest BCUT2D eigenvalue weighted by atomic mass is 9.84. The number of likely N-dealkylation sites (tertiary alicyclic amines) is 1. The summed E-state index contributed by atoms with van der Waals surface area (Å²) in [5.74, 6) is -0.0471. The van der Waals surface area contributed by atoms with Gasteiger partial charge in [-0.05, 0) is 24.0 Å². The summed E-state index contributed by atoms with van der Waals surface area (Å²) in [6, 6.07) is 10.7. The average Bonchev–Trinajstić information content (AvgIpc) is 3.22. The van der Waals surface area contributed by atoms with Crippen LogP contribution in [0.3, 0.4) is 0 Å². The van der Waals surface area contributed by atoms with E-state index < -0.39 is 0 Å². The quantitative estimate of drug-likeness (QED) is 0.546. The lowest BCUT2D eigenvalue weighted by molar-refractivity contribution is -0.134. The standard InChI is InChI=1S/C27H31N7O/c1-4-6-22(29-13-24(35)33-14-18(10-28)15-33)21-11-30-26-25(21)32-23(12-31-26)19-7-5-8-20(9-19)34-16-27(2,3)17-34/h5-9,11-12,18,29H,4,13-17H2,1-3H3,(H,30,31)/b22-6+. The molecule has 0 unspecified atom stereocenters. The minimum atomic E-state index is -0.0435. The maximum Gasteiger partial charge on any atom is 0.241 e. The third-order valence-electron chi connectivity index (χ3n) is 6.67. The third-order valence-corrected chi connectivity index (χ3v) is 6.67. The van der Waals surface area contributed by atoms with Gasteiger partial charge < -0.3 is 20.1 Å². The highest BCUT2D eigenvalue weighted by molar-refractivity contribution is 5.89. The summed E-state index contributed by atoms with van der Waals surface area (Å²) in [4.78, 5) is 29.4. The molecular formula is C27H31N7O. The summed E-state index contributed by atoms with van der Waals surface area (Å²) in [6.07, 6.45) is 6.56. The molecular weight excluding hydrogens is 438 g/mol. The Morgan fingerprint density at radius 1 is 1.34 bits per heavy atom. The number of amides is 1. The molecule has 0 spiro atoms. The molecule has 0 saturated carbocycles. The van der Waals surface area contributed by atoms with Gasteiger partial charge in [0.05, 0.1) is 30.4 Å². The van der Waals surface area contributed by atoms with Crippen molar-refractivity contribution in [1.82, 2.24) is 25.2 Å². The monoisotopic (exact) mass is 469 g/mol. The van der Waals surface area contributed by atoms with Gasteiger partial charge in [-0.1, -0.05) is 39.0 Å². The lowest BCUT2D eigenvalue weighted by Crippen LogP contribution is -2.53. The molecule has 2 N–H and O–H groups in total. The number of rotatable bonds is 7. The maximum absolute atomic E-state index is 12.5. The van der Waals surface area contributed by atoms with E-state index in [9.17, 15) is 4.79 Å². The maximum atomic E-state index is 12.5. The first-order valence-corrected chi connectivity index (χ1v) is 12.2. The molecule has 2 aromatic heterocycles. The Kier molecular flexibility index (Phi) is 5.93. The SMILES string of the molecule is CC/C=C(/NCC(=O)N1CC(C#N)C1)c1c[nH]c2ncc(-c3cccc(N4CC(C)(C)C4)c3)nc12. The normalized spacial score (nSPS) is 17.6. The Hall–Kier alpha value is -3.86. The molecule has 1 amide bonds. The highest BCUT2D eigenvalue weighted by Gasteiger charge is 2.34. The highest BCUT2D eigenvalue weighted by atomic mass is 16.2. The molecule has 1 aromatic carbocycles. The summed E-state index contributed by atoms with van der Waals surface area (Å²) in [5, 5.41) is 12.2. The van der Waals surface area contributed by atoms with Crippen LogP contribution in [0.2, 0.25) is 0 Å². The number of carbonyl (C=O) groups is 1. The molecule has 8 heteroatoms.